The van der Waals surface area contributed by atoms with Gasteiger partial charge in [0, 0.05) is 26.2 Å². The van der Waals surface area contributed by atoms with E-state index >= 15 is 0 Å². The van der Waals surface area contributed by atoms with E-state index in [2.05, 4.69) is 15.6 Å². The number of hydrogen-bond donors (Lipinski definition) is 3. The van der Waals surface area contributed by atoms with Crippen LogP contribution in [-0.4, -0.2) is 33.3 Å². The number of hydrogen-bond acceptors (Lipinski definition) is 4. The van der Waals surface area contributed by atoms with Gasteiger partial charge in [-0.3, -0.25) is 9.48 Å². The fourth-order valence-corrected chi connectivity index (χ4v) is 1.60. The van der Waals surface area contributed by atoms with Gasteiger partial charge in [0.1, 0.15) is 5.84 Å². The Kier molecular flexibility index (Phi) is 5.16. The fraction of sp³-hybridized carbons (Fsp3) is 0.545. The molecule has 1 heterocycles. The van der Waals surface area contributed by atoms with Crippen LogP contribution in [0.25, 0.3) is 0 Å². The van der Waals surface area contributed by atoms with Gasteiger partial charge in [-0.25, -0.2) is 0 Å². The summed E-state index contributed by atoms with van der Waals surface area (Å²) in [5.41, 5.74) is 6.71. The molecule has 1 aromatic heterocycles. The van der Waals surface area contributed by atoms with Crippen molar-refractivity contribution in [3.8, 4) is 0 Å². The molecule has 100 valence electrons. The zero-order chi connectivity index (χ0) is 13.5. The fourth-order valence-electron chi connectivity index (χ4n) is 1.60. The lowest BCUT2D eigenvalue weighted by molar-refractivity contribution is 0.0952. The minimum absolute atomic E-state index is 0.139. The third-order valence-corrected chi connectivity index (χ3v) is 2.51. The molecule has 0 aliphatic heterocycles. The molecule has 0 spiro atoms. The van der Waals surface area contributed by atoms with Crippen molar-refractivity contribution in [3.05, 3.63) is 17.5 Å². The number of rotatable bonds is 6. The molecule has 0 fully saturated rings. The maximum Gasteiger partial charge on any atom is 0.254 e. The Morgan fingerprint density at radius 3 is 3.00 bits per heavy atom. The van der Waals surface area contributed by atoms with Crippen molar-refractivity contribution >= 4 is 11.7 Å². The van der Waals surface area contributed by atoms with Gasteiger partial charge in [-0.15, -0.1) is 0 Å². The summed E-state index contributed by atoms with van der Waals surface area (Å²) in [6, 6.07) is 0. The molecule has 1 rings (SSSR count). The second kappa shape index (κ2) is 6.63. The highest BCUT2D eigenvalue weighted by molar-refractivity contribution is 5.95. The topological polar surface area (TPSA) is 106 Å². The average Bonchev–Trinajstić information content (AvgIpc) is 2.75. The minimum Gasteiger partial charge on any atom is -0.409 e. The molecule has 0 atom stereocenters. The van der Waals surface area contributed by atoms with Crippen LogP contribution in [-0.2, 0) is 13.5 Å². The monoisotopic (exact) mass is 253 g/mol. The lowest BCUT2D eigenvalue weighted by atomic mass is 10.2. The summed E-state index contributed by atoms with van der Waals surface area (Å²) in [6.07, 6.45) is 3.50. The van der Waals surface area contributed by atoms with Gasteiger partial charge in [0.25, 0.3) is 5.91 Å². The second-order valence-corrected chi connectivity index (χ2v) is 3.97. The molecular weight excluding hydrogens is 234 g/mol. The highest BCUT2D eigenvalue weighted by Gasteiger charge is 2.13. The number of carbonyl (C=O) groups is 1. The van der Waals surface area contributed by atoms with Crippen LogP contribution in [0.3, 0.4) is 0 Å². The standard InChI is InChI=1S/C11H19N5O2/c1-3-9-8(7-16(2)14-9)11(17)13-6-4-5-10(12)15-18/h7,18H,3-6H2,1-2H3,(H2,12,15)(H,13,17). The third-order valence-electron chi connectivity index (χ3n) is 2.51. The van der Waals surface area contributed by atoms with E-state index in [0.717, 1.165) is 5.69 Å². The summed E-state index contributed by atoms with van der Waals surface area (Å²) in [7, 11) is 1.79. The maximum absolute atomic E-state index is 11.9. The number of amides is 1. The van der Waals surface area contributed by atoms with Gasteiger partial charge in [-0.1, -0.05) is 12.1 Å². The molecule has 0 aromatic carbocycles. The second-order valence-electron chi connectivity index (χ2n) is 3.97. The smallest absolute Gasteiger partial charge is 0.254 e. The zero-order valence-electron chi connectivity index (χ0n) is 10.7. The van der Waals surface area contributed by atoms with E-state index in [-0.39, 0.29) is 11.7 Å². The van der Waals surface area contributed by atoms with Crippen LogP contribution in [0.15, 0.2) is 11.4 Å². The first-order valence-electron chi connectivity index (χ1n) is 5.85. The Labute approximate surface area is 106 Å². The van der Waals surface area contributed by atoms with Gasteiger partial charge in [-0.2, -0.15) is 5.10 Å². The predicted molar refractivity (Wildman–Crippen MR) is 67.6 cm³/mol. The van der Waals surface area contributed by atoms with Crippen molar-refractivity contribution in [2.75, 3.05) is 6.54 Å². The zero-order valence-corrected chi connectivity index (χ0v) is 10.7. The van der Waals surface area contributed by atoms with Crippen LogP contribution in [0.2, 0.25) is 0 Å². The van der Waals surface area contributed by atoms with E-state index in [1.54, 1.807) is 17.9 Å². The van der Waals surface area contributed by atoms with Crippen molar-refractivity contribution in [3.63, 3.8) is 0 Å². The first kappa shape index (κ1) is 14.0. The van der Waals surface area contributed by atoms with Crippen molar-refractivity contribution in [2.24, 2.45) is 17.9 Å². The number of nitrogens with zero attached hydrogens (tertiary/aromatic N) is 3. The van der Waals surface area contributed by atoms with E-state index in [0.29, 0.717) is 31.4 Å². The Balaban J connectivity index is 2.45. The molecule has 1 amide bonds. The highest BCUT2D eigenvalue weighted by atomic mass is 16.4. The van der Waals surface area contributed by atoms with Crippen LogP contribution >= 0.6 is 0 Å². The first-order chi connectivity index (χ1) is 8.58. The number of carbonyl (C=O) groups excluding carboxylic acids is 1. The molecule has 1 aromatic rings. The van der Waals surface area contributed by atoms with Gasteiger partial charge in [-0.05, 0) is 12.8 Å². The molecule has 0 aliphatic rings. The molecule has 18 heavy (non-hydrogen) atoms. The van der Waals surface area contributed by atoms with Crippen LogP contribution in [0, 0.1) is 0 Å². The van der Waals surface area contributed by atoms with Crippen molar-refractivity contribution < 1.29 is 10.0 Å². The SMILES string of the molecule is CCc1nn(C)cc1C(=O)NCCC/C(N)=N/O. The quantitative estimate of drug-likeness (QED) is 0.222. The van der Waals surface area contributed by atoms with Crippen molar-refractivity contribution in [1.29, 1.82) is 0 Å². The molecule has 0 aliphatic carbocycles. The number of aromatic nitrogens is 2. The summed E-state index contributed by atoms with van der Waals surface area (Å²) in [6.45, 7) is 2.44. The normalized spacial score (nSPS) is 11.6. The van der Waals surface area contributed by atoms with E-state index in [9.17, 15) is 4.79 Å². The van der Waals surface area contributed by atoms with Gasteiger partial charge in [0.2, 0.25) is 0 Å². The third kappa shape index (κ3) is 3.76. The summed E-state index contributed by atoms with van der Waals surface area (Å²) in [5.74, 6) is 0.0272. The van der Waals surface area contributed by atoms with E-state index < -0.39 is 0 Å². The molecule has 7 nitrogen and oxygen atoms in total. The number of nitrogens with one attached hydrogen (secondary N) is 1. The molecule has 7 heteroatoms. The molecular formula is C11H19N5O2. The van der Waals surface area contributed by atoms with Gasteiger partial charge < -0.3 is 16.3 Å². The molecule has 0 bridgehead atoms. The molecule has 0 radical (unpaired) electrons. The Morgan fingerprint density at radius 2 is 2.39 bits per heavy atom. The van der Waals surface area contributed by atoms with Crippen molar-refractivity contribution in [2.45, 2.75) is 26.2 Å². The molecule has 0 saturated heterocycles. The van der Waals surface area contributed by atoms with E-state index in [4.69, 9.17) is 10.9 Å². The van der Waals surface area contributed by atoms with Gasteiger partial charge in [0.15, 0.2) is 0 Å². The molecule has 0 unspecified atom stereocenters. The summed E-state index contributed by atoms with van der Waals surface area (Å²) >= 11 is 0. The van der Waals surface area contributed by atoms with Crippen LogP contribution < -0.4 is 11.1 Å². The number of nitrogens with two attached hydrogens (primary N) is 1. The lowest BCUT2D eigenvalue weighted by Gasteiger charge is -2.04. The van der Waals surface area contributed by atoms with Crippen LogP contribution in [0.5, 0.6) is 0 Å². The Morgan fingerprint density at radius 1 is 1.67 bits per heavy atom. The molecule has 0 saturated carbocycles. The van der Waals surface area contributed by atoms with Crippen molar-refractivity contribution in [1.82, 2.24) is 15.1 Å². The lowest BCUT2D eigenvalue weighted by Crippen LogP contribution is -2.26. The number of amidine groups is 1. The first-order valence-corrected chi connectivity index (χ1v) is 5.85. The van der Waals surface area contributed by atoms with Crippen LogP contribution in [0.4, 0.5) is 0 Å². The number of aryl methyl sites for hydroxylation is 2. The molecule has 4 N–H and O–H groups in total. The predicted octanol–water partition coefficient (Wildman–Crippen LogP) is 0.239. The number of oxime groups is 1. The Hall–Kier alpha value is -2.05. The van der Waals surface area contributed by atoms with E-state index in [1.807, 2.05) is 6.92 Å². The van der Waals surface area contributed by atoms with E-state index in [1.165, 1.54) is 0 Å². The largest absolute Gasteiger partial charge is 0.409 e. The van der Waals surface area contributed by atoms with Gasteiger partial charge >= 0.3 is 0 Å². The highest BCUT2D eigenvalue weighted by Crippen LogP contribution is 2.06. The summed E-state index contributed by atoms with van der Waals surface area (Å²) in [5, 5.41) is 18.2. The average molecular weight is 253 g/mol. The summed E-state index contributed by atoms with van der Waals surface area (Å²) in [4.78, 5) is 11.9. The summed E-state index contributed by atoms with van der Waals surface area (Å²) < 4.78 is 1.63. The van der Waals surface area contributed by atoms with Gasteiger partial charge in [0.05, 0.1) is 11.3 Å². The van der Waals surface area contributed by atoms with Crippen LogP contribution in [0.1, 0.15) is 35.8 Å². The minimum atomic E-state index is -0.139. The Bertz CT molecular complexity index is 439. The maximum atomic E-state index is 11.9.